The predicted octanol–water partition coefficient (Wildman–Crippen LogP) is 6.22. The molecule has 3 aromatic carbocycles. The van der Waals surface area contributed by atoms with E-state index in [4.69, 9.17) is 40.4 Å². The molecule has 0 atom stereocenters. The molecule has 12 heteroatoms. The maximum atomic E-state index is 10.7. The van der Waals surface area contributed by atoms with Crippen LogP contribution in [-0.4, -0.2) is 32.1 Å². The Hall–Kier alpha value is -1.45. The number of rotatable bonds is 5. The van der Waals surface area contributed by atoms with E-state index < -0.39 is 31.4 Å². The third-order valence-corrected chi connectivity index (χ3v) is 11.0. The van der Waals surface area contributed by atoms with Crippen molar-refractivity contribution < 1.29 is 30.4 Å². The maximum Gasteiger partial charge on any atom is 0.485 e. The van der Waals surface area contributed by atoms with Crippen molar-refractivity contribution in [2.45, 2.75) is 25.1 Å². The van der Waals surface area contributed by atoms with Crippen molar-refractivity contribution in [2.75, 3.05) is 5.34 Å². The zero-order valence-electron chi connectivity index (χ0n) is 19.2. The van der Waals surface area contributed by atoms with Crippen LogP contribution < -0.4 is 15.9 Å². The summed E-state index contributed by atoms with van der Waals surface area (Å²) < 4.78 is 65.9. The highest BCUT2D eigenvalue weighted by atomic mass is 35.5. The smallest absolute Gasteiger partial charge is 0.485 e. The molecule has 0 aliphatic carbocycles. The lowest BCUT2D eigenvalue weighted by Gasteiger charge is -2.31. The fraction of sp³-hybridized carbons (Fsp3) is 0.217. The molecule has 0 radical (unpaired) electrons. The Morgan fingerprint density at radius 3 is 1.17 bits per heavy atom. The van der Waals surface area contributed by atoms with Crippen molar-refractivity contribution in [1.82, 2.24) is 0 Å². The highest BCUT2D eigenvalue weighted by molar-refractivity contribution is 7.92. The third-order valence-electron chi connectivity index (χ3n) is 4.05. The molecule has 0 fully saturated rings. The molecule has 192 valence electrons. The van der Waals surface area contributed by atoms with Crippen LogP contribution in [0.15, 0.2) is 91.0 Å². The molecule has 0 amide bonds. The van der Waals surface area contributed by atoms with Crippen LogP contribution in [0, 0.1) is 0 Å². The fourth-order valence-electron chi connectivity index (χ4n) is 2.93. The van der Waals surface area contributed by atoms with Gasteiger partial charge in [-0.1, -0.05) is 54.6 Å². The minimum atomic E-state index is -6.09. The molecule has 3 rings (SSSR count). The van der Waals surface area contributed by atoms with Crippen LogP contribution in [0.5, 0.6) is 0 Å². The Labute approximate surface area is 216 Å². The van der Waals surface area contributed by atoms with E-state index in [9.17, 15) is 13.2 Å². The highest BCUT2D eigenvalue weighted by Gasteiger charge is 2.50. The van der Waals surface area contributed by atoms with E-state index in [2.05, 4.69) is 111 Å². The first-order valence-corrected chi connectivity index (χ1v) is 17.7. The molecule has 0 saturated heterocycles. The molecule has 0 bridgehead atoms. The van der Waals surface area contributed by atoms with Gasteiger partial charge in [0, 0.05) is 0 Å². The number of alkyl halides is 5. The van der Waals surface area contributed by atoms with Crippen LogP contribution in [0.25, 0.3) is 0 Å². The summed E-state index contributed by atoms with van der Waals surface area (Å²) in [6, 6.07) is 32.2. The second-order valence-corrected chi connectivity index (χ2v) is 17.7. The van der Waals surface area contributed by atoms with E-state index in [-0.39, 0.29) is 5.34 Å². The Morgan fingerprint density at radius 2 is 1.00 bits per heavy atom. The van der Waals surface area contributed by atoms with Crippen molar-refractivity contribution in [3.05, 3.63) is 91.0 Å². The molecule has 0 unspecified atom stereocenters. The lowest BCUT2D eigenvalue weighted by molar-refractivity contribution is -0.0517. The first-order valence-electron chi connectivity index (χ1n) is 10.1. The van der Waals surface area contributed by atoms with Gasteiger partial charge >= 0.3 is 5.51 Å². The summed E-state index contributed by atoms with van der Waals surface area (Å²) in [5.74, 6) is 0. The monoisotopic (exact) mass is 584 g/mol. The first-order chi connectivity index (χ1) is 16.2. The summed E-state index contributed by atoms with van der Waals surface area (Å²) in [7, 11) is -9.99. The number of benzene rings is 3. The van der Waals surface area contributed by atoms with Crippen LogP contribution in [0.3, 0.4) is 0 Å². The minimum Gasteiger partial charge on any atom is -0.741 e. The molecule has 0 aliphatic rings. The van der Waals surface area contributed by atoms with E-state index in [1.807, 2.05) is 0 Å². The highest BCUT2D eigenvalue weighted by Crippen LogP contribution is 2.58. The SMILES string of the molecule is C[Si](C)(C)O[P+](c1ccccc1)(c1ccccc1)c1ccccc1.ClCCl.O=S(=O)([O-])C(F)(F)F. The van der Waals surface area contributed by atoms with Crippen molar-refractivity contribution in [2.24, 2.45) is 0 Å². The van der Waals surface area contributed by atoms with E-state index in [1.54, 1.807) is 0 Å². The van der Waals surface area contributed by atoms with Crippen LogP contribution in [0.2, 0.25) is 19.6 Å². The van der Waals surface area contributed by atoms with Gasteiger partial charge in [0.1, 0.15) is 15.9 Å². The van der Waals surface area contributed by atoms with Crippen molar-refractivity contribution in [3.8, 4) is 0 Å². The van der Waals surface area contributed by atoms with Crippen LogP contribution in [0.4, 0.5) is 13.2 Å². The second-order valence-electron chi connectivity index (χ2n) is 7.82. The lowest BCUT2D eigenvalue weighted by atomic mass is 10.4. The molecule has 0 saturated carbocycles. The Balaban J connectivity index is 0.000000470. The quantitative estimate of drug-likeness (QED) is 0.117. The van der Waals surface area contributed by atoms with Crippen LogP contribution in [0.1, 0.15) is 0 Å². The zero-order valence-corrected chi connectivity index (χ0v) is 23.5. The number of hydrogen-bond acceptors (Lipinski definition) is 4. The van der Waals surface area contributed by atoms with Gasteiger partial charge in [0.15, 0.2) is 10.1 Å². The Bertz CT molecular complexity index is 1020. The van der Waals surface area contributed by atoms with Crippen molar-refractivity contribution >= 4 is 65.0 Å². The molecular weight excluding hydrogens is 559 g/mol. The number of hydrogen-bond donors (Lipinski definition) is 0. The van der Waals surface area contributed by atoms with Crippen LogP contribution in [-0.2, 0) is 14.3 Å². The molecule has 0 spiro atoms. The van der Waals surface area contributed by atoms with Gasteiger partial charge in [-0.15, -0.1) is 23.2 Å². The molecule has 35 heavy (non-hydrogen) atoms. The molecule has 0 N–H and O–H groups in total. The average Bonchev–Trinajstić information content (AvgIpc) is 2.78. The average molecular weight is 585 g/mol. The summed E-state index contributed by atoms with van der Waals surface area (Å²) in [4.78, 5) is 0. The van der Waals surface area contributed by atoms with Gasteiger partial charge < -0.3 is 4.55 Å². The Kier molecular flexibility index (Phi) is 12.4. The van der Waals surface area contributed by atoms with Gasteiger partial charge in [-0.25, -0.2) is 8.42 Å². The normalized spacial score (nSPS) is 12.0. The third kappa shape index (κ3) is 9.84. The summed E-state index contributed by atoms with van der Waals surface area (Å²) in [5.41, 5.74) is -5.65. The van der Waals surface area contributed by atoms with Crippen molar-refractivity contribution in [3.63, 3.8) is 0 Å². The Morgan fingerprint density at radius 1 is 0.771 bits per heavy atom. The summed E-state index contributed by atoms with van der Waals surface area (Å²) >= 11 is 9.53. The fourth-order valence-corrected chi connectivity index (χ4v) is 10.2. The molecule has 0 heterocycles. The van der Waals surface area contributed by atoms with E-state index >= 15 is 0 Å². The molecule has 0 aromatic heterocycles. The largest absolute Gasteiger partial charge is 0.741 e. The summed E-state index contributed by atoms with van der Waals surface area (Å²) in [6.07, 6.45) is 0. The standard InChI is InChI=1S/C21H24OPSi.CH2Cl2.CHF3O3S/c1-24(2,3)22-23(19-13-7-4-8-14-19,20-15-9-5-10-16-20)21-17-11-6-12-18-21;2-1-3;2-1(3,4)8(5,6)7/h4-18H,1-3H3;1H2;(H,5,6,7)/q+1;;/p-1. The van der Waals surface area contributed by atoms with E-state index in [0.29, 0.717) is 0 Å². The van der Waals surface area contributed by atoms with Gasteiger partial charge in [-0.3, -0.25) is 4.21 Å². The summed E-state index contributed by atoms with van der Waals surface area (Å²) in [5, 5.41) is 4.04. The van der Waals surface area contributed by atoms with Crippen LogP contribution >= 0.6 is 30.7 Å². The summed E-state index contributed by atoms with van der Waals surface area (Å²) in [6.45, 7) is 6.82. The second kappa shape index (κ2) is 13.7. The van der Waals surface area contributed by atoms with Gasteiger partial charge in [0.25, 0.3) is 0 Å². The number of halogens is 5. The predicted molar refractivity (Wildman–Crippen MR) is 142 cm³/mol. The van der Waals surface area contributed by atoms with Gasteiger partial charge in [0.2, 0.25) is 15.8 Å². The van der Waals surface area contributed by atoms with E-state index in [1.165, 1.54) is 15.9 Å². The topological polar surface area (TPSA) is 66.4 Å². The van der Waals surface area contributed by atoms with Gasteiger partial charge in [-0.05, 0) is 56.0 Å². The molecule has 3 aromatic rings. The van der Waals surface area contributed by atoms with Gasteiger partial charge in [0.05, 0.1) is 5.34 Å². The maximum absolute atomic E-state index is 10.7. The minimum absolute atomic E-state index is 0.194. The molecular formula is C23H26Cl2F3O4PSSi. The first kappa shape index (κ1) is 31.6. The zero-order chi connectivity index (χ0) is 26.8. The van der Waals surface area contributed by atoms with Gasteiger partial charge in [-0.2, -0.15) is 13.2 Å². The molecule has 4 nitrogen and oxygen atoms in total. The lowest BCUT2D eigenvalue weighted by Crippen LogP contribution is -2.39. The molecule has 0 aliphatic heterocycles. The van der Waals surface area contributed by atoms with Crippen molar-refractivity contribution in [1.29, 1.82) is 0 Å². The van der Waals surface area contributed by atoms with E-state index in [0.717, 1.165) is 0 Å².